The zero-order valence-corrected chi connectivity index (χ0v) is 20.7. The molecule has 9 nitrogen and oxygen atoms in total. The summed E-state index contributed by atoms with van der Waals surface area (Å²) >= 11 is 0. The van der Waals surface area contributed by atoms with Crippen molar-refractivity contribution in [1.29, 1.82) is 0 Å². The largest absolute Gasteiger partial charge is 0.434 e. The van der Waals surface area contributed by atoms with Crippen LogP contribution in [0.4, 0.5) is 13.2 Å². The van der Waals surface area contributed by atoms with Crippen LogP contribution in [-0.2, 0) is 11.0 Å². The molecule has 1 amide bonds. The Hall–Kier alpha value is -4.03. The van der Waals surface area contributed by atoms with Crippen LogP contribution >= 0.6 is 0 Å². The molecule has 1 aliphatic carbocycles. The van der Waals surface area contributed by atoms with Crippen LogP contribution in [-0.4, -0.2) is 48.7 Å². The van der Waals surface area contributed by atoms with Gasteiger partial charge in [-0.2, -0.15) is 23.3 Å². The SMILES string of the molecule is O=C(N[C@@H]1CCCC[C@H]1CO)C(O)c1ccc(-c2noc(-c3cnn(-c4ccccc4)c3C(F)(F)F)n2)cc1. The van der Waals surface area contributed by atoms with Crippen LogP contribution in [0.25, 0.3) is 28.5 Å². The van der Waals surface area contributed by atoms with Crippen molar-refractivity contribution in [3.05, 3.63) is 72.1 Å². The summed E-state index contributed by atoms with van der Waals surface area (Å²) in [5, 5.41) is 30.7. The number of rotatable bonds is 7. The van der Waals surface area contributed by atoms with E-state index < -0.39 is 23.9 Å². The van der Waals surface area contributed by atoms with Crippen molar-refractivity contribution in [2.45, 2.75) is 44.0 Å². The summed E-state index contributed by atoms with van der Waals surface area (Å²) in [5.74, 6) is -0.926. The first-order valence-electron chi connectivity index (χ1n) is 12.5. The highest BCUT2D eigenvalue weighted by Crippen LogP contribution is 2.38. The van der Waals surface area contributed by atoms with Crippen LogP contribution < -0.4 is 5.32 Å². The van der Waals surface area contributed by atoms with Gasteiger partial charge in [0.05, 0.1) is 17.4 Å². The van der Waals surface area contributed by atoms with Gasteiger partial charge in [-0.3, -0.25) is 4.79 Å². The molecule has 12 heteroatoms. The van der Waals surface area contributed by atoms with Crippen LogP contribution in [0.15, 0.2) is 65.3 Å². The molecule has 0 radical (unpaired) electrons. The second kappa shape index (κ2) is 11.0. The molecule has 0 aliphatic heterocycles. The number of nitrogens with zero attached hydrogens (tertiary/aromatic N) is 4. The van der Waals surface area contributed by atoms with Crippen LogP contribution in [0.1, 0.15) is 43.0 Å². The molecule has 2 aromatic carbocycles. The van der Waals surface area contributed by atoms with Gasteiger partial charge >= 0.3 is 6.18 Å². The van der Waals surface area contributed by atoms with E-state index in [9.17, 15) is 28.2 Å². The second-order valence-corrected chi connectivity index (χ2v) is 9.44. The number of nitrogens with one attached hydrogen (secondary N) is 1. The van der Waals surface area contributed by atoms with Gasteiger partial charge in [-0.1, -0.05) is 60.5 Å². The number of halogens is 3. The fraction of sp³-hybridized carbons (Fsp3) is 0.333. The van der Waals surface area contributed by atoms with Crippen molar-refractivity contribution in [3.8, 4) is 28.5 Å². The Morgan fingerprint density at radius 1 is 1.10 bits per heavy atom. The Morgan fingerprint density at radius 3 is 2.51 bits per heavy atom. The first kappa shape index (κ1) is 26.6. The maximum Gasteiger partial charge on any atom is 0.434 e. The third kappa shape index (κ3) is 5.57. The summed E-state index contributed by atoms with van der Waals surface area (Å²) in [6, 6.07) is 13.8. The van der Waals surface area contributed by atoms with Gasteiger partial charge in [0.15, 0.2) is 11.8 Å². The molecular weight excluding hydrogens is 515 g/mol. The Kier molecular flexibility index (Phi) is 7.49. The molecular formula is C27H26F3N5O4. The first-order valence-corrected chi connectivity index (χ1v) is 12.5. The Labute approximate surface area is 221 Å². The minimum atomic E-state index is -4.75. The lowest BCUT2D eigenvalue weighted by Crippen LogP contribution is -2.45. The van der Waals surface area contributed by atoms with E-state index >= 15 is 0 Å². The molecule has 1 fully saturated rings. The number of alkyl halides is 3. The van der Waals surface area contributed by atoms with Gasteiger partial charge in [0.25, 0.3) is 11.8 Å². The van der Waals surface area contributed by atoms with Crippen molar-refractivity contribution in [2.75, 3.05) is 6.61 Å². The van der Waals surface area contributed by atoms with E-state index in [1.165, 1.54) is 36.4 Å². The van der Waals surface area contributed by atoms with E-state index in [1.807, 2.05) is 0 Å². The highest BCUT2D eigenvalue weighted by atomic mass is 19.4. The average Bonchev–Trinajstić information content (AvgIpc) is 3.61. The fourth-order valence-electron chi connectivity index (χ4n) is 4.84. The molecule has 1 unspecified atom stereocenters. The van der Waals surface area contributed by atoms with Gasteiger partial charge in [0.2, 0.25) is 5.82 Å². The number of benzene rings is 2. The van der Waals surface area contributed by atoms with Crippen molar-refractivity contribution in [2.24, 2.45) is 5.92 Å². The molecule has 0 spiro atoms. The summed E-state index contributed by atoms with van der Waals surface area (Å²) in [6.07, 6.45) is -1.66. The zero-order chi connectivity index (χ0) is 27.6. The maximum absolute atomic E-state index is 14.0. The number of aromatic nitrogens is 4. The van der Waals surface area contributed by atoms with Crippen LogP contribution in [0.5, 0.6) is 0 Å². The summed E-state index contributed by atoms with van der Waals surface area (Å²) < 4.78 is 47.9. The lowest BCUT2D eigenvalue weighted by atomic mass is 9.85. The molecule has 3 N–H and O–H groups in total. The molecule has 204 valence electrons. The lowest BCUT2D eigenvalue weighted by Gasteiger charge is -2.31. The molecule has 4 aromatic rings. The van der Waals surface area contributed by atoms with E-state index in [0.717, 1.165) is 36.6 Å². The minimum absolute atomic E-state index is 0.0278. The van der Waals surface area contributed by atoms with Crippen LogP contribution in [0, 0.1) is 5.92 Å². The number of hydrogen-bond donors (Lipinski definition) is 3. The number of aliphatic hydroxyl groups is 2. The molecule has 39 heavy (non-hydrogen) atoms. The van der Waals surface area contributed by atoms with Gasteiger partial charge in [-0.05, 0) is 30.5 Å². The molecule has 1 aliphatic rings. The molecule has 1 saturated carbocycles. The molecule has 3 atom stereocenters. The quantitative estimate of drug-likeness (QED) is 0.318. The van der Waals surface area contributed by atoms with Crippen molar-refractivity contribution >= 4 is 5.91 Å². The van der Waals surface area contributed by atoms with Gasteiger partial charge in [-0.25, -0.2) is 4.68 Å². The third-order valence-corrected chi connectivity index (χ3v) is 6.90. The minimum Gasteiger partial charge on any atom is -0.396 e. The summed E-state index contributed by atoms with van der Waals surface area (Å²) in [7, 11) is 0. The highest BCUT2D eigenvalue weighted by Gasteiger charge is 2.40. The molecule has 2 aromatic heterocycles. The number of para-hydroxylation sites is 1. The monoisotopic (exact) mass is 541 g/mol. The first-order chi connectivity index (χ1) is 18.8. The maximum atomic E-state index is 14.0. The highest BCUT2D eigenvalue weighted by molar-refractivity contribution is 5.82. The smallest absolute Gasteiger partial charge is 0.396 e. The number of carbonyl (C=O) groups is 1. The van der Waals surface area contributed by atoms with Gasteiger partial charge in [-0.15, -0.1) is 0 Å². The second-order valence-electron chi connectivity index (χ2n) is 9.44. The zero-order valence-electron chi connectivity index (χ0n) is 20.7. The molecule has 0 bridgehead atoms. The predicted octanol–water partition coefficient (Wildman–Crippen LogP) is 4.31. The number of aliphatic hydroxyl groups excluding tert-OH is 2. The van der Waals surface area contributed by atoms with E-state index in [4.69, 9.17) is 4.52 Å². The fourth-order valence-corrected chi connectivity index (χ4v) is 4.84. The Bertz CT molecular complexity index is 1420. The number of carbonyl (C=O) groups excluding carboxylic acids is 1. The van der Waals surface area contributed by atoms with E-state index in [0.29, 0.717) is 11.1 Å². The van der Waals surface area contributed by atoms with Gasteiger partial charge in [0, 0.05) is 24.1 Å². The van der Waals surface area contributed by atoms with E-state index in [-0.39, 0.29) is 41.5 Å². The van der Waals surface area contributed by atoms with Gasteiger partial charge < -0.3 is 20.1 Å². The van der Waals surface area contributed by atoms with E-state index in [2.05, 4.69) is 20.6 Å². The third-order valence-electron chi connectivity index (χ3n) is 6.90. The molecule has 2 heterocycles. The summed E-state index contributed by atoms with van der Waals surface area (Å²) in [4.78, 5) is 16.8. The average molecular weight is 542 g/mol. The molecule has 5 rings (SSSR count). The summed E-state index contributed by atoms with van der Waals surface area (Å²) in [6.45, 7) is -0.0278. The molecule has 0 saturated heterocycles. The van der Waals surface area contributed by atoms with Gasteiger partial charge in [0.1, 0.15) is 0 Å². The number of amides is 1. The summed E-state index contributed by atoms with van der Waals surface area (Å²) in [5.41, 5.74) is -0.449. The van der Waals surface area contributed by atoms with Crippen molar-refractivity contribution in [3.63, 3.8) is 0 Å². The van der Waals surface area contributed by atoms with Crippen molar-refractivity contribution < 1.29 is 32.7 Å². The van der Waals surface area contributed by atoms with Crippen molar-refractivity contribution in [1.82, 2.24) is 25.2 Å². The standard InChI is InChI=1S/C27H26F3N5O4/c28-27(29,30)23-20(14-31-35(23)19-7-2-1-3-8-19)26-33-24(34-39-26)17-12-10-16(11-13-17)22(37)25(38)32-21-9-5-4-6-18(21)15-36/h1-3,7-8,10-14,18,21-22,36-37H,4-6,9,15H2,(H,32,38)/t18-,21+,22?/m0/s1. The normalized spacial score (nSPS) is 18.6. The Balaban J connectivity index is 1.34. The predicted molar refractivity (Wildman–Crippen MR) is 133 cm³/mol. The topological polar surface area (TPSA) is 126 Å². The lowest BCUT2D eigenvalue weighted by molar-refractivity contribution is -0.142. The number of hydrogen-bond acceptors (Lipinski definition) is 7. The van der Waals surface area contributed by atoms with Crippen LogP contribution in [0.2, 0.25) is 0 Å². The van der Waals surface area contributed by atoms with Crippen LogP contribution in [0.3, 0.4) is 0 Å². The Morgan fingerprint density at radius 2 is 1.82 bits per heavy atom. The van der Waals surface area contributed by atoms with E-state index in [1.54, 1.807) is 18.2 Å².